The van der Waals surface area contributed by atoms with Crippen molar-refractivity contribution >= 4 is 11.5 Å². The standard InChI is InChI=1S/C11H16N4O/c1-8(7-16-2)5-14-11-9(4-12)3-10(13)6-15-11/h3,6,8H,5,7,13H2,1-2H3,(H,14,15). The summed E-state index contributed by atoms with van der Waals surface area (Å²) in [5.74, 6) is 0.926. The van der Waals surface area contributed by atoms with Crippen LogP contribution in [-0.2, 0) is 4.74 Å². The van der Waals surface area contributed by atoms with Gasteiger partial charge in [-0.3, -0.25) is 0 Å². The van der Waals surface area contributed by atoms with Crippen molar-refractivity contribution in [2.75, 3.05) is 31.3 Å². The number of ether oxygens (including phenoxy) is 1. The number of hydrogen-bond donors (Lipinski definition) is 2. The lowest BCUT2D eigenvalue weighted by Gasteiger charge is -2.12. The molecule has 1 rings (SSSR count). The number of aromatic nitrogens is 1. The summed E-state index contributed by atoms with van der Waals surface area (Å²) in [5, 5.41) is 12.0. The molecule has 0 aliphatic carbocycles. The predicted molar refractivity (Wildman–Crippen MR) is 62.9 cm³/mol. The van der Waals surface area contributed by atoms with Crippen molar-refractivity contribution < 1.29 is 4.74 Å². The molecule has 16 heavy (non-hydrogen) atoms. The molecular formula is C11H16N4O. The van der Waals surface area contributed by atoms with Gasteiger partial charge in [0.15, 0.2) is 0 Å². The highest BCUT2D eigenvalue weighted by atomic mass is 16.5. The van der Waals surface area contributed by atoms with Crippen LogP contribution in [0.15, 0.2) is 12.3 Å². The van der Waals surface area contributed by atoms with Gasteiger partial charge in [-0.2, -0.15) is 5.26 Å². The normalized spacial score (nSPS) is 11.8. The van der Waals surface area contributed by atoms with Gasteiger partial charge < -0.3 is 15.8 Å². The number of nitrogens with zero attached hydrogens (tertiary/aromatic N) is 2. The van der Waals surface area contributed by atoms with Crippen LogP contribution in [0.25, 0.3) is 0 Å². The second-order valence-electron chi connectivity index (χ2n) is 3.72. The van der Waals surface area contributed by atoms with Crippen LogP contribution in [0, 0.1) is 17.2 Å². The average Bonchev–Trinajstić information content (AvgIpc) is 2.27. The number of anilines is 2. The zero-order chi connectivity index (χ0) is 12.0. The van der Waals surface area contributed by atoms with Crippen LogP contribution in [0.3, 0.4) is 0 Å². The Hall–Kier alpha value is -1.80. The van der Waals surface area contributed by atoms with Gasteiger partial charge in [-0.15, -0.1) is 0 Å². The molecule has 0 aromatic carbocycles. The van der Waals surface area contributed by atoms with Crippen LogP contribution in [0.4, 0.5) is 11.5 Å². The van der Waals surface area contributed by atoms with Crippen LogP contribution in [0.1, 0.15) is 12.5 Å². The Labute approximate surface area is 95.2 Å². The molecular weight excluding hydrogens is 204 g/mol. The monoisotopic (exact) mass is 220 g/mol. The van der Waals surface area contributed by atoms with Crippen LogP contribution in [-0.4, -0.2) is 25.2 Å². The molecule has 0 radical (unpaired) electrons. The van der Waals surface area contributed by atoms with Crippen LogP contribution < -0.4 is 11.1 Å². The maximum Gasteiger partial charge on any atom is 0.144 e. The maximum absolute atomic E-state index is 8.90. The summed E-state index contributed by atoms with van der Waals surface area (Å²) in [6.45, 7) is 3.43. The van der Waals surface area contributed by atoms with Gasteiger partial charge >= 0.3 is 0 Å². The topological polar surface area (TPSA) is 84.0 Å². The van der Waals surface area contributed by atoms with E-state index in [1.807, 2.05) is 0 Å². The first-order valence-electron chi connectivity index (χ1n) is 5.05. The summed E-state index contributed by atoms with van der Waals surface area (Å²) in [4.78, 5) is 4.08. The van der Waals surface area contributed by atoms with E-state index in [9.17, 15) is 0 Å². The first-order chi connectivity index (χ1) is 7.67. The van der Waals surface area contributed by atoms with Crippen molar-refractivity contribution in [3.05, 3.63) is 17.8 Å². The summed E-state index contributed by atoms with van der Waals surface area (Å²) >= 11 is 0. The van der Waals surface area contributed by atoms with Crippen LogP contribution in [0.2, 0.25) is 0 Å². The fraction of sp³-hybridized carbons (Fsp3) is 0.455. The quantitative estimate of drug-likeness (QED) is 0.779. The van der Waals surface area contributed by atoms with E-state index >= 15 is 0 Å². The third-order valence-corrected chi connectivity index (χ3v) is 2.10. The zero-order valence-corrected chi connectivity index (χ0v) is 9.53. The van der Waals surface area contributed by atoms with Crippen LogP contribution in [0.5, 0.6) is 0 Å². The van der Waals surface area contributed by atoms with Gasteiger partial charge in [0.2, 0.25) is 0 Å². The van der Waals surface area contributed by atoms with Gasteiger partial charge in [-0.25, -0.2) is 4.98 Å². The number of nitriles is 1. The minimum absolute atomic E-state index is 0.357. The number of methoxy groups -OCH3 is 1. The molecule has 3 N–H and O–H groups in total. The molecule has 86 valence electrons. The van der Waals surface area contributed by atoms with Gasteiger partial charge in [0.1, 0.15) is 11.9 Å². The number of nitrogens with two attached hydrogens (primary N) is 1. The smallest absolute Gasteiger partial charge is 0.144 e. The second-order valence-corrected chi connectivity index (χ2v) is 3.72. The molecule has 5 heteroatoms. The molecule has 0 aliphatic rings. The molecule has 1 heterocycles. The molecule has 1 aromatic rings. The number of hydrogen-bond acceptors (Lipinski definition) is 5. The van der Waals surface area contributed by atoms with Crippen molar-refractivity contribution in [3.8, 4) is 6.07 Å². The molecule has 1 atom stereocenters. The Morgan fingerprint density at radius 3 is 3.06 bits per heavy atom. The Balaban J connectivity index is 2.64. The minimum atomic E-state index is 0.357. The van der Waals surface area contributed by atoms with E-state index in [4.69, 9.17) is 15.7 Å². The fourth-order valence-corrected chi connectivity index (χ4v) is 1.32. The van der Waals surface area contributed by atoms with E-state index in [0.717, 1.165) is 0 Å². The second kappa shape index (κ2) is 5.93. The van der Waals surface area contributed by atoms with Crippen molar-refractivity contribution in [2.45, 2.75) is 6.92 Å². The van der Waals surface area contributed by atoms with Gasteiger partial charge in [-0.05, 0) is 12.0 Å². The molecule has 0 fully saturated rings. The predicted octanol–water partition coefficient (Wildman–Crippen LogP) is 1.23. The number of pyridine rings is 1. The van der Waals surface area contributed by atoms with Crippen molar-refractivity contribution in [2.24, 2.45) is 5.92 Å². The first-order valence-corrected chi connectivity index (χ1v) is 5.05. The zero-order valence-electron chi connectivity index (χ0n) is 9.53. The highest BCUT2D eigenvalue weighted by molar-refractivity contribution is 5.57. The largest absolute Gasteiger partial charge is 0.397 e. The summed E-state index contributed by atoms with van der Waals surface area (Å²) in [7, 11) is 1.67. The molecule has 0 aliphatic heterocycles. The summed E-state index contributed by atoms with van der Waals surface area (Å²) in [5.41, 5.74) is 6.50. The van der Waals surface area contributed by atoms with Crippen molar-refractivity contribution in [1.29, 1.82) is 5.26 Å². The Morgan fingerprint density at radius 1 is 1.69 bits per heavy atom. The average molecular weight is 220 g/mol. The molecule has 0 spiro atoms. The molecule has 0 saturated carbocycles. The lowest BCUT2D eigenvalue weighted by Crippen LogP contribution is -2.17. The van der Waals surface area contributed by atoms with Gasteiger partial charge in [0, 0.05) is 13.7 Å². The van der Waals surface area contributed by atoms with Crippen LogP contribution >= 0.6 is 0 Å². The molecule has 1 aromatic heterocycles. The van der Waals surface area contributed by atoms with Crippen molar-refractivity contribution in [1.82, 2.24) is 4.98 Å². The van der Waals surface area contributed by atoms with E-state index in [1.54, 1.807) is 13.2 Å². The SMILES string of the molecule is COCC(C)CNc1ncc(N)cc1C#N. The van der Waals surface area contributed by atoms with E-state index in [2.05, 4.69) is 23.3 Å². The number of rotatable bonds is 5. The Bertz CT molecular complexity index is 386. The molecule has 0 saturated heterocycles. The van der Waals surface area contributed by atoms with Gasteiger partial charge in [0.25, 0.3) is 0 Å². The van der Waals surface area contributed by atoms with Gasteiger partial charge in [-0.1, -0.05) is 6.92 Å². The molecule has 5 nitrogen and oxygen atoms in total. The van der Waals surface area contributed by atoms with Crippen molar-refractivity contribution in [3.63, 3.8) is 0 Å². The molecule has 0 amide bonds. The highest BCUT2D eigenvalue weighted by Crippen LogP contribution is 2.14. The Morgan fingerprint density at radius 2 is 2.44 bits per heavy atom. The fourth-order valence-electron chi connectivity index (χ4n) is 1.32. The summed E-state index contributed by atoms with van der Waals surface area (Å²) < 4.78 is 5.02. The Kier molecular flexibility index (Phi) is 4.55. The molecule has 0 bridgehead atoms. The lowest BCUT2D eigenvalue weighted by atomic mass is 10.2. The number of nitrogens with one attached hydrogen (secondary N) is 1. The van der Waals surface area contributed by atoms with E-state index in [1.165, 1.54) is 6.20 Å². The number of nitrogen functional groups attached to an aromatic ring is 1. The first kappa shape index (κ1) is 12.3. The molecule has 1 unspecified atom stereocenters. The summed E-state index contributed by atoms with van der Waals surface area (Å²) in [6, 6.07) is 3.66. The van der Waals surface area contributed by atoms with E-state index in [0.29, 0.717) is 36.1 Å². The van der Waals surface area contributed by atoms with E-state index in [-0.39, 0.29) is 0 Å². The minimum Gasteiger partial charge on any atom is -0.397 e. The van der Waals surface area contributed by atoms with Gasteiger partial charge in [0.05, 0.1) is 24.1 Å². The third-order valence-electron chi connectivity index (χ3n) is 2.10. The third kappa shape index (κ3) is 3.41. The van der Waals surface area contributed by atoms with E-state index < -0.39 is 0 Å². The maximum atomic E-state index is 8.90. The summed E-state index contributed by atoms with van der Waals surface area (Å²) in [6.07, 6.45) is 1.53. The lowest BCUT2D eigenvalue weighted by molar-refractivity contribution is 0.164. The highest BCUT2D eigenvalue weighted by Gasteiger charge is 2.06.